The Bertz CT molecular complexity index is 1160. The lowest BCUT2D eigenvalue weighted by Gasteiger charge is -2.13. The van der Waals surface area contributed by atoms with Gasteiger partial charge in [0.25, 0.3) is 5.91 Å². The van der Waals surface area contributed by atoms with Gasteiger partial charge in [-0.2, -0.15) is 0 Å². The molecule has 0 saturated heterocycles. The summed E-state index contributed by atoms with van der Waals surface area (Å²) in [6.07, 6.45) is 0.609. The van der Waals surface area contributed by atoms with E-state index in [0.29, 0.717) is 19.6 Å². The molecule has 0 aromatic heterocycles. The van der Waals surface area contributed by atoms with Gasteiger partial charge in [0.1, 0.15) is 12.4 Å². The van der Waals surface area contributed by atoms with Gasteiger partial charge >= 0.3 is 0 Å². The maximum atomic E-state index is 12.6. The fourth-order valence-electron chi connectivity index (χ4n) is 2.96. The summed E-state index contributed by atoms with van der Waals surface area (Å²) in [6, 6.07) is 21.7. The average molecular weight is 473 g/mol. The number of benzene rings is 3. The van der Waals surface area contributed by atoms with Crippen molar-refractivity contribution in [3.8, 4) is 5.75 Å². The molecule has 168 valence electrons. The molecular formula is C24H25ClN2O4S. The first kappa shape index (κ1) is 23.8. The molecule has 32 heavy (non-hydrogen) atoms. The van der Waals surface area contributed by atoms with Crippen LogP contribution in [0.5, 0.6) is 5.75 Å². The van der Waals surface area contributed by atoms with E-state index in [4.69, 9.17) is 16.3 Å². The SMILES string of the molecule is CN(C)S(=O)(=O)c1ccc(Cl)c(C(=O)NCCc2ccc(OCc3ccccc3)cc2)c1. The van der Waals surface area contributed by atoms with Crippen molar-refractivity contribution < 1.29 is 17.9 Å². The molecule has 0 spiro atoms. The molecule has 0 atom stereocenters. The molecule has 6 nitrogen and oxygen atoms in total. The fourth-order valence-corrected chi connectivity index (χ4v) is 4.09. The van der Waals surface area contributed by atoms with Crippen molar-refractivity contribution in [2.45, 2.75) is 17.9 Å². The smallest absolute Gasteiger partial charge is 0.252 e. The van der Waals surface area contributed by atoms with E-state index in [1.54, 1.807) is 0 Å². The average Bonchev–Trinajstić information content (AvgIpc) is 2.79. The first-order chi connectivity index (χ1) is 15.3. The predicted octanol–water partition coefficient (Wildman–Crippen LogP) is 4.14. The van der Waals surface area contributed by atoms with E-state index in [1.165, 1.54) is 32.3 Å². The van der Waals surface area contributed by atoms with Crippen LogP contribution >= 0.6 is 11.6 Å². The Balaban J connectivity index is 1.54. The molecule has 0 aliphatic rings. The number of amides is 1. The molecule has 0 aliphatic heterocycles. The molecule has 1 amide bonds. The van der Waals surface area contributed by atoms with Crippen molar-refractivity contribution in [2.24, 2.45) is 0 Å². The second-order valence-electron chi connectivity index (χ2n) is 7.35. The highest BCUT2D eigenvalue weighted by Crippen LogP contribution is 2.22. The molecule has 0 fully saturated rings. The highest BCUT2D eigenvalue weighted by molar-refractivity contribution is 7.89. The van der Waals surface area contributed by atoms with Crippen LogP contribution in [0.15, 0.2) is 77.7 Å². The van der Waals surface area contributed by atoms with Gasteiger partial charge < -0.3 is 10.1 Å². The van der Waals surface area contributed by atoms with Gasteiger partial charge in [-0.05, 0) is 47.9 Å². The second kappa shape index (κ2) is 10.6. The van der Waals surface area contributed by atoms with Crippen molar-refractivity contribution in [3.05, 3.63) is 94.5 Å². The number of nitrogens with one attached hydrogen (secondary N) is 1. The summed E-state index contributed by atoms with van der Waals surface area (Å²) >= 11 is 6.12. The summed E-state index contributed by atoms with van der Waals surface area (Å²) in [6.45, 7) is 0.879. The van der Waals surface area contributed by atoms with Crippen LogP contribution in [0.25, 0.3) is 0 Å². The van der Waals surface area contributed by atoms with Crippen molar-refractivity contribution >= 4 is 27.5 Å². The van der Waals surface area contributed by atoms with Crippen molar-refractivity contribution in [1.82, 2.24) is 9.62 Å². The number of nitrogens with zero attached hydrogens (tertiary/aromatic N) is 1. The zero-order chi connectivity index (χ0) is 23.1. The van der Waals surface area contributed by atoms with E-state index >= 15 is 0 Å². The first-order valence-electron chi connectivity index (χ1n) is 10.0. The van der Waals surface area contributed by atoms with Crippen LogP contribution in [-0.2, 0) is 23.1 Å². The number of ether oxygens (including phenoxy) is 1. The van der Waals surface area contributed by atoms with Gasteiger partial charge in [0, 0.05) is 20.6 Å². The molecule has 0 heterocycles. The number of hydrogen-bond donors (Lipinski definition) is 1. The molecule has 8 heteroatoms. The Morgan fingerprint density at radius 1 is 0.969 bits per heavy atom. The van der Waals surface area contributed by atoms with E-state index in [2.05, 4.69) is 5.32 Å². The predicted molar refractivity (Wildman–Crippen MR) is 126 cm³/mol. The first-order valence-corrected chi connectivity index (χ1v) is 11.8. The number of sulfonamides is 1. The number of hydrogen-bond acceptors (Lipinski definition) is 4. The van der Waals surface area contributed by atoms with Crippen LogP contribution in [0, 0.1) is 0 Å². The maximum Gasteiger partial charge on any atom is 0.252 e. The number of carbonyl (C=O) groups is 1. The Labute approximate surface area is 193 Å². The third kappa shape index (κ3) is 6.09. The van der Waals surface area contributed by atoms with E-state index < -0.39 is 15.9 Å². The molecule has 3 rings (SSSR count). The van der Waals surface area contributed by atoms with Crippen molar-refractivity contribution in [3.63, 3.8) is 0 Å². The highest BCUT2D eigenvalue weighted by Gasteiger charge is 2.20. The van der Waals surface area contributed by atoms with Gasteiger partial charge in [-0.1, -0.05) is 54.1 Å². The monoisotopic (exact) mass is 472 g/mol. The van der Waals surface area contributed by atoms with Crippen LogP contribution < -0.4 is 10.1 Å². The minimum atomic E-state index is -3.66. The van der Waals surface area contributed by atoms with Crippen molar-refractivity contribution in [1.29, 1.82) is 0 Å². The Morgan fingerprint density at radius 2 is 1.66 bits per heavy atom. The zero-order valence-corrected chi connectivity index (χ0v) is 19.5. The number of halogens is 1. The van der Waals surface area contributed by atoms with Crippen LogP contribution in [0.3, 0.4) is 0 Å². The summed E-state index contributed by atoms with van der Waals surface area (Å²) in [7, 11) is -0.793. The molecule has 0 unspecified atom stereocenters. The number of carbonyl (C=O) groups excluding carboxylic acids is 1. The zero-order valence-electron chi connectivity index (χ0n) is 17.9. The molecule has 0 radical (unpaired) electrons. The normalized spacial score (nSPS) is 11.4. The summed E-state index contributed by atoms with van der Waals surface area (Å²) in [4.78, 5) is 12.6. The van der Waals surface area contributed by atoms with E-state index in [0.717, 1.165) is 21.2 Å². The summed E-state index contributed by atoms with van der Waals surface area (Å²) in [5.74, 6) is 0.348. The molecule has 1 N–H and O–H groups in total. The third-order valence-corrected chi connectivity index (χ3v) is 6.97. The third-order valence-electron chi connectivity index (χ3n) is 4.83. The van der Waals surface area contributed by atoms with Gasteiger partial charge in [-0.15, -0.1) is 0 Å². The fraction of sp³-hybridized carbons (Fsp3) is 0.208. The van der Waals surface area contributed by atoms with Gasteiger partial charge in [0.05, 0.1) is 15.5 Å². The highest BCUT2D eigenvalue weighted by atomic mass is 35.5. The van der Waals surface area contributed by atoms with Crippen molar-refractivity contribution in [2.75, 3.05) is 20.6 Å². The summed E-state index contributed by atoms with van der Waals surface area (Å²) in [5, 5.41) is 2.99. The molecular weight excluding hydrogens is 448 g/mol. The van der Waals surface area contributed by atoms with Gasteiger partial charge in [-0.3, -0.25) is 4.79 Å². The second-order valence-corrected chi connectivity index (χ2v) is 9.91. The Kier molecular flexibility index (Phi) is 7.90. The van der Waals surface area contributed by atoms with Crippen LogP contribution in [0.4, 0.5) is 0 Å². The largest absolute Gasteiger partial charge is 0.489 e. The van der Waals surface area contributed by atoms with Crippen LogP contribution in [0.1, 0.15) is 21.5 Å². The molecule has 3 aromatic carbocycles. The van der Waals surface area contributed by atoms with E-state index in [9.17, 15) is 13.2 Å². The lowest BCUT2D eigenvalue weighted by Crippen LogP contribution is -2.27. The molecule has 0 saturated carbocycles. The maximum absolute atomic E-state index is 12.6. The lowest BCUT2D eigenvalue weighted by molar-refractivity contribution is 0.0954. The summed E-state index contributed by atoms with van der Waals surface area (Å²) in [5.41, 5.74) is 2.26. The molecule has 0 aliphatic carbocycles. The van der Waals surface area contributed by atoms with Gasteiger partial charge in [0.2, 0.25) is 10.0 Å². The Hall–Kier alpha value is -2.87. The van der Waals surface area contributed by atoms with Gasteiger partial charge in [-0.25, -0.2) is 12.7 Å². The summed E-state index contributed by atoms with van der Waals surface area (Å²) < 4.78 is 31.5. The van der Waals surface area contributed by atoms with E-state index in [-0.39, 0.29) is 15.5 Å². The minimum absolute atomic E-state index is 0.0168. The lowest BCUT2D eigenvalue weighted by atomic mass is 10.1. The number of rotatable bonds is 9. The standard InChI is InChI=1S/C24H25ClN2O4S/c1-27(2)32(29,30)21-12-13-23(25)22(16-21)24(28)26-15-14-18-8-10-20(11-9-18)31-17-19-6-4-3-5-7-19/h3-13,16H,14-15,17H2,1-2H3,(H,26,28). The van der Waals surface area contributed by atoms with E-state index in [1.807, 2.05) is 54.6 Å². The van der Waals surface area contributed by atoms with Crippen LogP contribution in [0.2, 0.25) is 5.02 Å². The Morgan fingerprint density at radius 3 is 2.31 bits per heavy atom. The minimum Gasteiger partial charge on any atom is -0.489 e. The molecule has 0 bridgehead atoms. The van der Waals surface area contributed by atoms with Gasteiger partial charge in [0.15, 0.2) is 0 Å². The van der Waals surface area contributed by atoms with Crippen LogP contribution in [-0.4, -0.2) is 39.3 Å². The topological polar surface area (TPSA) is 75.7 Å². The quantitative estimate of drug-likeness (QED) is 0.507. The molecule has 3 aromatic rings.